The molecule has 0 unspecified atom stereocenters. The van der Waals surface area contributed by atoms with Gasteiger partial charge in [0.25, 0.3) is 0 Å². The molecule has 1 N–H and O–H groups in total. The number of rotatable bonds is 6. The molecule has 18 heavy (non-hydrogen) atoms. The van der Waals surface area contributed by atoms with Crippen LogP contribution >= 0.6 is 11.3 Å². The van der Waals surface area contributed by atoms with Gasteiger partial charge in [0.15, 0.2) is 5.78 Å². The van der Waals surface area contributed by atoms with Gasteiger partial charge in [-0.25, -0.2) is 0 Å². The molecule has 1 aromatic rings. The smallest absolute Gasteiger partial charge is 0.234 e. The second-order valence-electron chi connectivity index (χ2n) is 4.38. The van der Waals surface area contributed by atoms with Crippen molar-refractivity contribution in [3.8, 4) is 0 Å². The van der Waals surface area contributed by atoms with Crippen LogP contribution in [0.1, 0.15) is 27.0 Å². The number of carbonyl (C=O) groups excluding carboxylic acids is 2. The maximum atomic E-state index is 12.1. The largest absolute Gasteiger partial charge is 0.355 e. The van der Waals surface area contributed by atoms with Crippen LogP contribution in [0.15, 0.2) is 6.07 Å². The Morgan fingerprint density at radius 1 is 1.33 bits per heavy atom. The molecular formula is C13H20N2O2S. The maximum Gasteiger partial charge on any atom is 0.234 e. The average molecular weight is 268 g/mol. The molecule has 0 saturated heterocycles. The second-order valence-corrected chi connectivity index (χ2v) is 5.84. The van der Waals surface area contributed by atoms with Gasteiger partial charge in [-0.2, -0.15) is 0 Å². The second kappa shape index (κ2) is 6.66. The molecule has 0 aliphatic rings. The SMILES string of the molecule is CCNC(=O)CN(C)CC(=O)c1cc(C)sc1C. The van der Waals surface area contributed by atoms with Crippen molar-refractivity contribution in [2.45, 2.75) is 20.8 Å². The number of hydrogen-bond donors (Lipinski definition) is 1. The highest BCUT2D eigenvalue weighted by Crippen LogP contribution is 2.21. The predicted octanol–water partition coefficient (Wildman–Crippen LogP) is 1.62. The zero-order valence-electron chi connectivity index (χ0n) is 11.4. The van der Waals surface area contributed by atoms with E-state index >= 15 is 0 Å². The molecule has 1 aromatic heterocycles. The summed E-state index contributed by atoms with van der Waals surface area (Å²) in [6.07, 6.45) is 0. The van der Waals surface area contributed by atoms with Crippen LogP contribution in [0.4, 0.5) is 0 Å². The van der Waals surface area contributed by atoms with Crippen molar-refractivity contribution in [2.75, 3.05) is 26.7 Å². The van der Waals surface area contributed by atoms with E-state index < -0.39 is 0 Å². The molecule has 0 radical (unpaired) electrons. The maximum absolute atomic E-state index is 12.1. The van der Waals surface area contributed by atoms with Gasteiger partial charge in [0.2, 0.25) is 5.91 Å². The zero-order valence-corrected chi connectivity index (χ0v) is 12.2. The lowest BCUT2D eigenvalue weighted by Gasteiger charge is -2.14. The fourth-order valence-electron chi connectivity index (χ4n) is 1.79. The quantitative estimate of drug-likeness (QED) is 0.798. The van der Waals surface area contributed by atoms with Crippen molar-refractivity contribution in [2.24, 2.45) is 0 Å². The first-order chi connectivity index (χ1) is 8.43. The van der Waals surface area contributed by atoms with Gasteiger partial charge >= 0.3 is 0 Å². The average Bonchev–Trinajstić information content (AvgIpc) is 2.57. The molecule has 0 fully saturated rings. The van der Waals surface area contributed by atoms with Crippen molar-refractivity contribution in [1.82, 2.24) is 10.2 Å². The third-order valence-electron chi connectivity index (χ3n) is 2.54. The lowest BCUT2D eigenvalue weighted by atomic mass is 10.1. The summed E-state index contributed by atoms with van der Waals surface area (Å²) in [5.74, 6) is 0.0228. The Hall–Kier alpha value is -1.20. The Bertz CT molecular complexity index is 440. The van der Waals surface area contributed by atoms with E-state index in [4.69, 9.17) is 0 Å². The molecule has 1 rings (SSSR count). The summed E-state index contributed by atoms with van der Waals surface area (Å²) in [4.78, 5) is 27.4. The number of likely N-dealkylation sites (N-methyl/N-ethyl adjacent to an activating group) is 2. The van der Waals surface area contributed by atoms with E-state index in [1.165, 1.54) is 0 Å². The molecule has 5 heteroatoms. The van der Waals surface area contributed by atoms with Gasteiger partial charge in [-0.1, -0.05) is 0 Å². The number of amides is 1. The van der Waals surface area contributed by atoms with Crippen LogP contribution in [0.5, 0.6) is 0 Å². The van der Waals surface area contributed by atoms with E-state index in [2.05, 4.69) is 5.32 Å². The minimum atomic E-state index is -0.0500. The highest BCUT2D eigenvalue weighted by molar-refractivity contribution is 7.12. The normalized spacial score (nSPS) is 10.7. The molecule has 0 aromatic carbocycles. The van der Waals surface area contributed by atoms with Gasteiger partial charge in [-0.3, -0.25) is 14.5 Å². The zero-order chi connectivity index (χ0) is 13.7. The van der Waals surface area contributed by atoms with E-state index in [1.54, 1.807) is 23.3 Å². The van der Waals surface area contributed by atoms with Crippen molar-refractivity contribution in [3.05, 3.63) is 21.4 Å². The molecule has 0 aliphatic heterocycles. The van der Waals surface area contributed by atoms with Crippen LogP contribution in [-0.2, 0) is 4.79 Å². The lowest BCUT2D eigenvalue weighted by Crippen LogP contribution is -2.37. The van der Waals surface area contributed by atoms with Gasteiger partial charge in [-0.15, -0.1) is 11.3 Å². The van der Waals surface area contributed by atoms with Gasteiger partial charge in [0, 0.05) is 21.9 Å². The molecule has 0 bridgehead atoms. The van der Waals surface area contributed by atoms with Crippen LogP contribution in [0.2, 0.25) is 0 Å². The highest BCUT2D eigenvalue weighted by Gasteiger charge is 2.15. The number of ketones is 1. The number of nitrogens with one attached hydrogen (secondary N) is 1. The third-order valence-corrected chi connectivity index (χ3v) is 3.51. The molecule has 0 aliphatic carbocycles. The Labute approximate surface area is 112 Å². The summed E-state index contributed by atoms with van der Waals surface area (Å²) in [5.41, 5.74) is 0.778. The van der Waals surface area contributed by atoms with Gasteiger partial charge < -0.3 is 5.32 Å². The summed E-state index contributed by atoms with van der Waals surface area (Å²) in [6, 6.07) is 1.92. The predicted molar refractivity (Wildman–Crippen MR) is 74.3 cm³/mol. The van der Waals surface area contributed by atoms with E-state index in [1.807, 2.05) is 26.8 Å². The molecule has 1 heterocycles. The van der Waals surface area contributed by atoms with Gasteiger partial charge in [0.1, 0.15) is 0 Å². The van der Waals surface area contributed by atoms with Gasteiger partial charge in [0.05, 0.1) is 13.1 Å². The van der Waals surface area contributed by atoms with Gasteiger partial charge in [-0.05, 0) is 33.9 Å². The van der Waals surface area contributed by atoms with Crippen LogP contribution in [0.25, 0.3) is 0 Å². The van der Waals surface area contributed by atoms with E-state index in [-0.39, 0.29) is 24.8 Å². The minimum Gasteiger partial charge on any atom is -0.355 e. The first kappa shape index (κ1) is 14.9. The Kier molecular flexibility index (Phi) is 5.50. The topological polar surface area (TPSA) is 49.4 Å². The number of Topliss-reactive ketones (excluding diaryl/α,β-unsaturated/α-hetero) is 1. The van der Waals surface area contributed by atoms with Crippen molar-refractivity contribution < 1.29 is 9.59 Å². The van der Waals surface area contributed by atoms with Crippen LogP contribution in [0, 0.1) is 13.8 Å². The monoisotopic (exact) mass is 268 g/mol. The number of hydrogen-bond acceptors (Lipinski definition) is 4. The van der Waals surface area contributed by atoms with E-state index in [9.17, 15) is 9.59 Å². The summed E-state index contributed by atoms with van der Waals surface area (Å²) < 4.78 is 0. The molecule has 0 atom stereocenters. The summed E-state index contributed by atoms with van der Waals surface area (Å²) in [5, 5.41) is 2.72. The van der Waals surface area contributed by atoms with Crippen molar-refractivity contribution in [1.29, 1.82) is 0 Å². The number of thiophene rings is 1. The molecule has 0 spiro atoms. The Morgan fingerprint density at radius 3 is 2.50 bits per heavy atom. The first-order valence-corrected chi connectivity index (χ1v) is 6.81. The lowest BCUT2D eigenvalue weighted by molar-refractivity contribution is -0.121. The van der Waals surface area contributed by atoms with Crippen LogP contribution < -0.4 is 5.32 Å². The molecule has 0 saturated carbocycles. The third kappa shape index (κ3) is 4.23. The van der Waals surface area contributed by atoms with E-state index in [0.29, 0.717) is 6.54 Å². The first-order valence-electron chi connectivity index (χ1n) is 5.99. The van der Waals surface area contributed by atoms with Crippen LogP contribution in [0.3, 0.4) is 0 Å². The fraction of sp³-hybridized carbons (Fsp3) is 0.538. The molecule has 100 valence electrons. The number of aryl methyl sites for hydroxylation is 2. The summed E-state index contributed by atoms with van der Waals surface area (Å²) in [7, 11) is 1.78. The highest BCUT2D eigenvalue weighted by atomic mass is 32.1. The van der Waals surface area contributed by atoms with Crippen molar-refractivity contribution >= 4 is 23.0 Å². The minimum absolute atomic E-state index is 0.0500. The molecule has 1 amide bonds. The van der Waals surface area contributed by atoms with E-state index in [0.717, 1.165) is 15.3 Å². The fourth-order valence-corrected chi connectivity index (χ4v) is 2.73. The number of nitrogens with zero attached hydrogens (tertiary/aromatic N) is 1. The summed E-state index contributed by atoms with van der Waals surface area (Å²) >= 11 is 1.63. The Balaban J connectivity index is 2.54. The van der Waals surface area contributed by atoms with Crippen molar-refractivity contribution in [3.63, 3.8) is 0 Å². The summed E-state index contributed by atoms with van der Waals surface area (Å²) in [6.45, 7) is 6.96. The van der Waals surface area contributed by atoms with Crippen LogP contribution in [-0.4, -0.2) is 43.3 Å². The molecule has 4 nitrogen and oxygen atoms in total. The molecular weight excluding hydrogens is 248 g/mol. The number of carbonyl (C=O) groups is 2. The standard InChI is InChI=1S/C13H20N2O2S/c1-5-14-13(17)8-15(4)7-12(16)11-6-9(2)18-10(11)3/h6H,5,7-8H2,1-4H3,(H,14,17). The Morgan fingerprint density at radius 2 is 2.00 bits per heavy atom.